The fourth-order valence-corrected chi connectivity index (χ4v) is 1.32. The first-order chi connectivity index (χ1) is 6.95. The van der Waals surface area contributed by atoms with Gasteiger partial charge in [0.25, 0.3) is 0 Å². The summed E-state index contributed by atoms with van der Waals surface area (Å²) in [4.78, 5) is 11.4. The highest BCUT2D eigenvalue weighted by Gasteiger charge is 2.14. The Morgan fingerprint density at radius 1 is 1.13 bits per heavy atom. The molecule has 0 aliphatic carbocycles. The third kappa shape index (κ3) is 11.4. The first-order valence-corrected chi connectivity index (χ1v) is 5.93. The molecule has 3 heteroatoms. The zero-order chi connectivity index (χ0) is 11.7. The molecule has 0 aromatic heterocycles. The summed E-state index contributed by atoms with van der Waals surface area (Å²) in [6.45, 7) is 11.2. The van der Waals surface area contributed by atoms with Gasteiger partial charge in [-0.3, -0.25) is 4.79 Å². The minimum absolute atomic E-state index is 0.0911. The van der Waals surface area contributed by atoms with Gasteiger partial charge in [0.1, 0.15) is 0 Å². The zero-order valence-corrected chi connectivity index (χ0v) is 10.7. The van der Waals surface area contributed by atoms with Gasteiger partial charge in [-0.2, -0.15) is 0 Å². The number of amides is 1. The van der Waals surface area contributed by atoms with Crippen LogP contribution in [0.1, 0.15) is 47.0 Å². The maximum Gasteiger partial charge on any atom is 0.220 e. The first-order valence-electron chi connectivity index (χ1n) is 5.93. The summed E-state index contributed by atoms with van der Waals surface area (Å²) in [5, 5.41) is 6.21. The van der Waals surface area contributed by atoms with Crippen LogP contribution < -0.4 is 10.6 Å². The van der Waals surface area contributed by atoms with E-state index in [2.05, 4.69) is 38.3 Å². The summed E-state index contributed by atoms with van der Waals surface area (Å²) in [5.41, 5.74) is 0.0911. The van der Waals surface area contributed by atoms with Crippen LogP contribution in [0.15, 0.2) is 0 Å². The summed E-state index contributed by atoms with van der Waals surface area (Å²) in [7, 11) is 0. The predicted molar refractivity (Wildman–Crippen MR) is 64.9 cm³/mol. The maximum atomic E-state index is 11.4. The summed E-state index contributed by atoms with van der Waals surface area (Å²) in [6.07, 6.45) is 2.80. The van der Waals surface area contributed by atoms with Crippen molar-refractivity contribution >= 4 is 5.91 Å². The third-order valence-electron chi connectivity index (χ3n) is 2.04. The number of rotatable bonds is 7. The van der Waals surface area contributed by atoms with Crippen LogP contribution in [0.2, 0.25) is 0 Å². The number of unbranched alkanes of at least 4 members (excludes halogenated alkanes) is 1. The first kappa shape index (κ1) is 14.4. The van der Waals surface area contributed by atoms with Gasteiger partial charge in [-0.1, -0.05) is 27.7 Å². The molecule has 15 heavy (non-hydrogen) atoms. The second-order valence-corrected chi connectivity index (χ2v) is 5.15. The van der Waals surface area contributed by atoms with Crippen molar-refractivity contribution in [3.63, 3.8) is 0 Å². The highest BCUT2D eigenvalue weighted by atomic mass is 16.1. The molecule has 2 N–H and O–H groups in total. The second kappa shape index (κ2) is 7.69. The van der Waals surface area contributed by atoms with E-state index in [1.165, 1.54) is 0 Å². The van der Waals surface area contributed by atoms with Gasteiger partial charge < -0.3 is 10.6 Å². The van der Waals surface area contributed by atoms with Crippen LogP contribution in [0.3, 0.4) is 0 Å². The zero-order valence-electron chi connectivity index (χ0n) is 10.7. The average Bonchev–Trinajstić information content (AvgIpc) is 2.08. The Morgan fingerprint density at radius 3 is 2.27 bits per heavy atom. The lowest BCUT2D eigenvalue weighted by atomic mass is 9.92. The van der Waals surface area contributed by atoms with Crippen LogP contribution in [-0.2, 0) is 4.79 Å². The van der Waals surface area contributed by atoms with E-state index in [-0.39, 0.29) is 11.3 Å². The summed E-state index contributed by atoms with van der Waals surface area (Å²) >= 11 is 0. The molecule has 0 unspecified atom stereocenters. The number of hydrogen-bond donors (Lipinski definition) is 2. The van der Waals surface area contributed by atoms with Crippen LogP contribution in [0.25, 0.3) is 0 Å². The van der Waals surface area contributed by atoms with Crippen LogP contribution in [0.5, 0.6) is 0 Å². The van der Waals surface area contributed by atoms with Crippen molar-refractivity contribution in [2.45, 2.75) is 47.0 Å². The standard InChI is InChI=1S/C12H26N2O/c1-5-13-8-6-7-9-14-11(15)10-12(2,3)4/h13H,5-10H2,1-4H3,(H,14,15). The summed E-state index contributed by atoms with van der Waals surface area (Å²) in [6, 6.07) is 0. The molecule has 0 aliphatic rings. The van der Waals surface area contributed by atoms with Crippen LogP contribution >= 0.6 is 0 Å². The highest BCUT2D eigenvalue weighted by Crippen LogP contribution is 2.17. The number of nitrogens with one attached hydrogen (secondary N) is 2. The molecule has 0 bridgehead atoms. The minimum atomic E-state index is 0.0911. The molecule has 0 fully saturated rings. The maximum absolute atomic E-state index is 11.4. The normalized spacial score (nSPS) is 11.5. The lowest BCUT2D eigenvalue weighted by Crippen LogP contribution is -2.28. The Balaban J connectivity index is 3.32. The van der Waals surface area contributed by atoms with Crippen molar-refractivity contribution in [3.05, 3.63) is 0 Å². The topological polar surface area (TPSA) is 41.1 Å². The number of hydrogen-bond acceptors (Lipinski definition) is 2. The molecular weight excluding hydrogens is 188 g/mol. The Bertz CT molecular complexity index is 173. The molecule has 0 aromatic rings. The Morgan fingerprint density at radius 2 is 1.73 bits per heavy atom. The molecule has 90 valence electrons. The fourth-order valence-electron chi connectivity index (χ4n) is 1.32. The van der Waals surface area contributed by atoms with Gasteiger partial charge in [0, 0.05) is 13.0 Å². The summed E-state index contributed by atoms with van der Waals surface area (Å²) < 4.78 is 0. The van der Waals surface area contributed by atoms with Crippen molar-refractivity contribution < 1.29 is 4.79 Å². The second-order valence-electron chi connectivity index (χ2n) is 5.15. The van der Waals surface area contributed by atoms with Gasteiger partial charge in [0.2, 0.25) is 5.91 Å². The molecule has 0 heterocycles. The molecule has 0 saturated carbocycles. The molecule has 0 atom stereocenters. The SMILES string of the molecule is CCNCCCCNC(=O)CC(C)(C)C. The molecule has 0 spiro atoms. The van der Waals surface area contributed by atoms with E-state index in [1.54, 1.807) is 0 Å². The lowest BCUT2D eigenvalue weighted by Gasteiger charge is -2.17. The van der Waals surface area contributed by atoms with E-state index < -0.39 is 0 Å². The van der Waals surface area contributed by atoms with Gasteiger partial charge in [-0.05, 0) is 31.3 Å². The van der Waals surface area contributed by atoms with Crippen molar-refractivity contribution in [1.82, 2.24) is 10.6 Å². The van der Waals surface area contributed by atoms with E-state index >= 15 is 0 Å². The Hall–Kier alpha value is -0.570. The monoisotopic (exact) mass is 214 g/mol. The number of carbonyl (C=O) groups excluding carboxylic acids is 1. The molecule has 0 aliphatic heterocycles. The smallest absolute Gasteiger partial charge is 0.220 e. The van der Waals surface area contributed by atoms with E-state index in [4.69, 9.17) is 0 Å². The van der Waals surface area contributed by atoms with Gasteiger partial charge in [0.05, 0.1) is 0 Å². The van der Waals surface area contributed by atoms with Crippen molar-refractivity contribution in [1.29, 1.82) is 0 Å². The molecule has 0 rings (SSSR count). The van der Waals surface area contributed by atoms with Gasteiger partial charge in [0.15, 0.2) is 0 Å². The van der Waals surface area contributed by atoms with Gasteiger partial charge in [-0.25, -0.2) is 0 Å². The van der Waals surface area contributed by atoms with Crippen molar-refractivity contribution in [2.75, 3.05) is 19.6 Å². The number of carbonyl (C=O) groups is 1. The van der Waals surface area contributed by atoms with Crippen LogP contribution in [-0.4, -0.2) is 25.5 Å². The van der Waals surface area contributed by atoms with E-state index in [9.17, 15) is 4.79 Å². The van der Waals surface area contributed by atoms with Crippen molar-refractivity contribution in [2.24, 2.45) is 5.41 Å². The molecule has 0 radical (unpaired) electrons. The highest BCUT2D eigenvalue weighted by molar-refractivity contribution is 5.76. The average molecular weight is 214 g/mol. The third-order valence-corrected chi connectivity index (χ3v) is 2.04. The van der Waals surface area contributed by atoms with Crippen LogP contribution in [0, 0.1) is 5.41 Å². The lowest BCUT2D eigenvalue weighted by molar-refractivity contribution is -0.122. The predicted octanol–water partition coefficient (Wildman–Crippen LogP) is 1.93. The minimum Gasteiger partial charge on any atom is -0.356 e. The fraction of sp³-hybridized carbons (Fsp3) is 0.917. The molecule has 1 amide bonds. The molecule has 3 nitrogen and oxygen atoms in total. The quantitative estimate of drug-likeness (QED) is 0.636. The molecular formula is C12H26N2O. The van der Waals surface area contributed by atoms with E-state index in [0.717, 1.165) is 32.5 Å². The Labute approximate surface area is 94.0 Å². The molecule has 0 aromatic carbocycles. The van der Waals surface area contributed by atoms with Gasteiger partial charge >= 0.3 is 0 Å². The van der Waals surface area contributed by atoms with Gasteiger partial charge in [-0.15, -0.1) is 0 Å². The molecule has 0 saturated heterocycles. The van der Waals surface area contributed by atoms with E-state index in [0.29, 0.717) is 6.42 Å². The van der Waals surface area contributed by atoms with E-state index in [1.807, 2.05) is 0 Å². The largest absolute Gasteiger partial charge is 0.356 e. The Kier molecular flexibility index (Phi) is 7.39. The van der Waals surface area contributed by atoms with Crippen molar-refractivity contribution in [3.8, 4) is 0 Å². The van der Waals surface area contributed by atoms with Crippen LogP contribution in [0.4, 0.5) is 0 Å². The summed E-state index contributed by atoms with van der Waals surface area (Å²) in [5.74, 6) is 0.172.